The third kappa shape index (κ3) is 4.67. The zero-order valence-corrected chi connectivity index (χ0v) is 16.8. The van der Waals surface area contributed by atoms with E-state index in [-0.39, 0.29) is 11.6 Å². The highest BCUT2D eigenvalue weighted by molar-refractivity contribution is 9.10. The SMILES string of the molecule is CCCC(Oc1ccc(Cl)cc1)C(=O)N=Nc1c(O)[nH]c2ccc(Br)cc12. The van der Waals surface area contributed by atoms with Gasteiger partial charge in [0.2, 0.25) is 5.88 Å². The Balaban J connectivity index is 1.82. The molecule has 0 radical (unpaired) electrons. The maximum absolute atomic E-state index is 12.5. The van der Waals surface area contributed by atoms with Crippen LogP contribution in [0.2, 0.25) is 5.02 Å². The zero-order chi connectivity index (χ0) is 19.4. The van der Waals surface area contributed by atoms with Gasteiger partial charge in [0.25, 0.3) is 0 Å². The van der Waals surface area contributed by atoms with Crippen LogP contribution in [-0.2, 0) is 4.79 Å². The summed E-state index contributed by atoms with van der Waals surface area (Å²) in [5.41, 5.74) is 0.904. The lowest BCUT2D eigenvalue weighted by Crippen LogP contribution is -2.25. The van der Waals surface area contributed by atoms with Crippen LogP contribution in [0.5, 0.6) is 11.6 Å². The Hall–Kier alpha value is -2.38. The number of aromatic hydroxyl groups is 1. The second-order valence-corrected chi connectivity index (χ2v) is 7.25. The molecule has 140 valence electrons. The smallest absolute Gasteiger partial charge is 0.305 e. The summed E-state index contributed by atoms with van der Waals surface area (Å²) in [6.45, 7) is 1.95. The number of nitrogens with zero attached hydrogens (tertiary/aromatic N) is 2. The average Bonchev–Trinajstić information content (AvgIpc) is 2.95. The molecule has 1 atom stereocenters. The molecular formula is C19H17BrClN3O3. The summed E-state index contributed by atoms with van der Waals surface area (Å²) in [6, 6.07) is 12.2. The number of aromatic nitrogens is 1. The lowest BCUT2D eigenvalue weighted by molar-refractivity contribution is -0.125. The lowest BCUT2D eigenvalue weighted by Gasteiger charge is -2.14. The third-order valence-electron chi connectivity index (χ3n) is 3.88. The summed E-state index contributed by atoms with van der Waals surface area (Å²) < 4.78 is 6.56. The van der Waals surface area contributed by atoms with Crippen molar-refractivity contribution in [2.45, 2.75) is 25.9 Å². The van der Waals surface area contributed by atoms with E-state index in [1.54, 1.807) is 36.4 Å². The topological polar surface area (TPSA) is 87.0 Å². The minimum absolute atomic E-state index is 0.148. The summed E-state index contributed by atoms with van der Waals surface area (Å²) in [7, 11) is 0. The number of ether oxygens (including phenoxy) is 1. The molecule has 1 aromatic heterocycles. The lowest BCUT2D eigenvalue weighted by atomic mass is 10.2. The molecule has 8 heteroatoms. The molecule has 0 bridgehead atoms. The Kier molecular flexibility index (Phi) is 6.13. The van der Waals surface area contributed by atoms with Crippen LogP contribution in [0.25, 0.3) is 10.9 Å². The highest BCUT2D eigenvalue weighted by atomic mass is 79.9. The van der Waals surface area contributed by atoms with Gasteiger partial charge in [-0.2, -0.15) is 0 Å². The molecule has 1 unspecified atom stereocenters. The summed E-state index contributed by atoms with van der Waals surface area (Å²) >= 11 is 9.24. The predicted molar refractivity (Wildman–Crippen MR) is 108 cm³/mol. The monoisotopic (exact) mass is 449 g/mol. The Morgan fingerprint density at radius 2 is 2.04 bits per heavy atom. The molecule has 0 saturated carbocycles. The number of halogens is 2. The average molecular weight is 451 g/mol. The molecule has 2 N–H and O–H groups in total. The second kappa shape index (κ2) is 8.54. The fourth-order valence-corrected chi connectivity index (χ4v) is 3.06. The van der Waals surface area contributed by atoms with Gasteiger partial charge in [0, 0.05) is 14.9 Å². The predicted octanol–water partition coefficient (Wildman–Crippen LogP) is 6.15. The van der Waals surface area contributed by atoms with Crippen molar-refractivity contribution in [1.29, 1.82) is 0 Å². The molecule has 1 amide bonds. The molecule has 3 rings (SSSR count). The number of benzene rings is 2. The molecule has 1 heterocycles. The van der Waals surface area contributed by atoms with Crippen molar-refractivity contribution in [3.63, 3.8) is 0 Å². The first-order valence-electron chi connectivity index (χ1n) is 8.36. The van der Waals surface area contributed by atoms with Crippen molar-refractivity contribution in [2.24, 2.45) is 10.2 Å². The quantitative estimate of drug-likeness (QED) is 0.442. The van der Waals surface area contributed by atoms with E-state index in [1.807, 2.05) is 13.0 Å². The van der Waals surface area contributed by atoms with Crippen LogP contribution >= 0.6 is 27.5 Å². The Bertz CT molecular complexity index is 986. The Labute approximate surface area is 169 Å². The van der Waals surface area contributed by atoms with Crippen LogP contribution in [0.1, 0.15) is 19.8 Å². The van der Waals surface area contributed by atoms with E-state index in [9.17, 15) is 9.90 Å². The summed E-state index contributed by atoms with van der Waals surface area (Å²) in [5, 5.41) is 19.0. The highest BCUT2D eigenvalue weighted by Gasteiger charge is 2.20. The fourth-order valence-electron chi connectivity index (χ4n) is 2.57. The number of H-pyrrole nitrogens is 1. The number of aromatic amines is 1. The van der Waals surface area contributed by atoms with Gasteiger partial charge in [-0.3, -0.25) is 4.79 Å². The number of rotatable bonds is 6. The van der Waals surface area contributed by atoms with Gasteiger partial charge < -0.3 is 14.8 Å². The van der Waals surface area contributed by atoms with E-state index in [0.717, 1.165) is 10.9 Å². The first-order valence-corrected chi connectivity index (χ1v) is 9.53. The van der Waals surface area contributed by atoms with Crippen LogP contribution in [0.3, 0.4) is 0 Å². The van der Waals surface area contributed by atoms with Gasteiger partial charge in [-0.05, 0) is 48.9 Å². The Morgan fingerprint density at radius 3 is 2.74 bits per heavy atom. The van der Waals surface area contributed by atoms with Crippen LogP contribution in [0.15, 0.2) is 57.2 Å². The maximum Gasteiger partial charge on any atom is 0.305 e. The van der Waals surface area contributed by atoms with Crippen molar-refractivity contribution in [3.8, 4) is 11.6 Å². The fraction of sp³-hybridized carbons (Fsp3) is 0.211. The van der Waals surface area contributed by atoms with Crippen molar-refractivity contribution < 1.29 is 14.6 Å². The third-order valence-corrected chi connectivity index (χ3v) is 4.63. The van der Waals surface area contributed by atoms with Crippen molar-refractivity contribution in [2.75, 3.05) is 0 Å². The van der Waals surface area contributed by atoms with Gasteiger partial charge in [-0.15, -0.1) is 10.2 Å². The maximum atomic E-state index is 12.5. The number of nitrogens with one attached hydrogen (secondary N) is 1. The van der Waals surface area contributed by atoms with Gasteiger partial charge >= 0.3 is 5.91 Å². The first kappa shape index (κ1) is 19.4. The van der Waals surface area contributed by atoms with Crippen LogP contribution in [-0.4, -0.2) is 22.1 Å². The largest absolute Gasteiger partial charge is 0.493 e. The summed E-state index contributed by atoms with van der Waals surface area (Å²) in [4.78, 5) is 15.3. The van der Waals surface area contributed by atoms with Gasteiger partial charge in [0.15, 0.2) is 11.8 Å². The van der Waals surface area contributed by atoms with Crippen LogP contribution < -0.4 is 4.74 Å². The molecule has 6 nitrogen and oxygen atoms in total. The number of hydrogen-bond donors (Lipinski definition) is 2. The number of hydrogen-bond acceptors (Lipinski definition) is 4. The Morgan fingerprint density at radius 1 is 1.30 bits per heavy atom. The van der Waals surface area contributed by atoms with E-state index in [2.05, 4.69) is 31.1 Å². The zero-order valence-electron chi connectivity index (χ0n) is 14.4. The number of amides is 1. The van der Waals surface area contributed by atoms with E-state index in [0.29, 0.717) is 28.1 Å². The van der Waals surface area contributed by atoms with E-state index >= 15 is 0 Å². The highest BCUT2D eigenvalue weighted by Crippen LogP contribution is 2.36. The van der Waals surface area contributed by atoms with Crippen molar-refractivity contribution >= 4 is 50.0 Å². The molecule has 0 saturated heterocycles. The van der Waals surface area contributed by atoms with Gasteiger partial charge in [0.1, 0.15) is 5.75 Å². The van der Waals surface area contributed by atoms with Gasteiger partial charge in [0.05, 0.1) is 5.52 Å². The molecule has 0 spiro atoms. The number of fused-ring (bicyclic) bond motifs is 1. The minimum atomic E-state index is -0.765. The number of carbonyl (C=O) groups excluding carboxylic acids is 1. The second-order valence-electron chi connectivity index (χ2n) is 5.90. The van der Waals surface area contributed by atoms with Crippen LogP contribution in [0.4, 0.5) is 5.69 Å². The summed E-state index contributed by atoms with van der Waals surface area (Å²) in [5.74, 6) is -0.138. The van der Waals surface area contributed by atoms with Gasteiger partial charge in [-0.25, -0.2) is 0 Å². The molecular weight excluding hydrogens is 434 g/mol. The summed E-state index contributed by atoms with van der Waals surface area (Å²) in [6.07, 6.45) is 0.468. The van der Waals surface area contributed by atoms with E-state index in [4.69, 9.17) is 16.3 Å². The van der Waals surface area contributed by atoms with Crippen molar-refractivity contribution in [1.82, 2.24) is 4.98 Å². The molecule has 0 aliphatic rings. The van der Waals surface area contributed by atoms with Crippen LogP contribution in [0, 0.1) is 0 Å². The number of carbonyl (C=O) groups is 1. The molecule has 27 heavy (non-hydrogen) atoms. The minimum Gasteiger partial charge on any atom is -0.493 e. The first-order chi connectivity index (χ1) is 13.0. The molecule has 0 fully saturated rings. The number of azo groups is 1. The normalized spacial score (nSPS) is 12.6. The van der Waals surface area contributed by atoms with E-state index < -0.39 is 12.0 Å². The van der Waals surface area contributed by atoms with Gasteiger partial charge in [-0.1, -0.05) is 40.9 Å². The molecule has 0 aliphatic heterocycles. The molecule has 2 aromatic carbocycles. The van der Waals surface area contributed by atoms with Crippen molar-refractivity contribution in [3.05, 3.63) is 52.0 Å². The molecule has 3 aromatic rings. The van der Waals surface area contributed by atoms with E-state index in [1.165, 1.54) is 0 Å². The molecule has 0 aliphatic carbocycles. The standard InChI is InChI=1S/C19H17BrClN3O3/c1-2-3-16(27-13-7-5-12(21)6-8-13)18(25)24-23-17-14-10-11(20)4-9-15(14)22-19(17)26/h4-10,16,22,26H,2-3H2,1H3.